The highest BCUT2D eigenvalue weighted by Crippen LogP contribution is 2.23. The summed E-state index contributed by atoms with van der Waals surface area (Å²) in [5.74, 6) is -0.323. The second kappa shape index (κ2) is 15.0. The molecule has 0 aromatic heterocycles. The molecule has 1 aromatic rings. The Morgan fingerprint density at radius 2 is 2.03 bits per heavy atom. The summed E-state index contributed by atoms with van der Waals surface area (Å²) in [5, 5.41) is 3.35. The number of hydrogen-bond acceptors (Lipinski definition) is 3. The first-order valence-electron chi connectivity index (χ1n) is 10.7. The molecule has 0 bridgehead atoms. The minimum Gasteiger partial charge on any atom is -0.363 e. The van der Waals surface area contributed by atoms with Crippen molar-refractivity contribution in [3.8, 4) is 0 Å². The van der Waals surface area contributed by atoms with Crippen LogP contribution in [0.2, 0.25) is 0 Å². The number of amidine groups is 1. The van der Waals surface area contributed by atoms with E-state index in [1.165, 1.54) is 18.2 Å². The number of aliphatic imine (C=N–C) groups is 2. The number of allylic oxidation sites excluding steroid dienone is 2. The molecule has 1 rings (SSSR count). The van der Waals surface area contributed by atoms with Crippen molar-refractivity contribution in [1.82, 2.24) is 10.4 Å². The average Bonchev–Trinajstić information content (AvgIpc) is 2.77. The molecule has 0 fully saturated rings. The summed E-state index contributed by atoms with van der Waals surface area (Å²) in [6.07, 6.45) is 0.955. The van der Waals surface area contributed by atoms with Gasteiger partial charge in [0.15, 0.2) is 0 Å². The lowest BCUT2D eigenvalue weighted by Crippen LogP contribution is -2.31. The Morgan fingerprint density at radius 3 is 2.61 bits per heavy atom. The van der Waals surface area contributed by atoms with Crippen molar-refractivity contribution in [3.05, 3.63) is 71.3 Å². The van der Waals surface area contributed by atoms with Crippen LogP contribution in [-0.4, -0.2) is 43.9 Å². The van der Waals surface area contributed by atoms with Gasteiger partial charge in [-0.15, -0.1) is 4.48 Å². The zero-order chi connectivity index (χ0) is 24.8. The monoisotopic (exact) mass is 470 g/mol. The van der Waals surface area contributed by atoms with Crippen molar-refractivity contribution in [1.29, 1.82) is 0 Å². The molecule has 1 aromatic carbocycles. The molecular weight excluding hydrogens is 439 g/mol. The van der Waals surface area contributed by atoms with Crippen molar-refractivity contribution < 1.29 is 22.0 Å². The van der Waals surface area contributed by atoms with Crippen LogP contribution in [0.15, 0.2) is 64.4 Å². The van der Waals surface area contributed by atoms with E-state index in [0.717, 1.165) is 6.20 Å². The molecule has 0 amide bonds. The van der Waals surface area contributed by atoms with Gasteiger partial charge in [0.25, 0.3) is 0 Å². The topological polar surface area (TPSA) is 40.0 Å². The number of aryl methyl sites for hydroxylation is 1. The average molecular weight is 471 g/mol. The number of hydrogen-bond donors (Lipinski definition) is 1. The van der Waals surface area contributed by atoms with E-state index in [9.17, 15) is 22.0 Å². The van der Waals surface area contributed by atoms with Gasteiger partial charge in [-0.05, 0) is 38.6 Å². The molecule has 1 unspecified atom stereocenters. The summed E-state index contributed by atoms with van der Waals surface area (Å²) in [4.78, 5) is 8.27. The van der Waals surface area contributed by atoms with Gasteiger partial charge in [-0.25, -0.2) is 18.3 Å². The van der Waals surface area contributed by atoms with E-state index in [1.54, 1.807) is 26.0 Å². The van der Waals surface area contributed by atoms with Gasteiger partial charge in [0.2, 0.25) is 6.43 Å². The van der Waals surface area contributed by atoms with E-state index < -0.39 is 31.4 Å². The van der Waals surface area contributed by atoms with Gasteiger partial charge in [0.05, 0.1) is 30.5 Å². The van der Waals surface area contributed by atoms with E-state index in [1.807, 2.05) is 0 Å². The Kier molecular flexibility index (Phi) is 12.7. The SMILES string of the molecule is C=C/C=C(N=C)\C(=C/N(F)CCCC(F)F)C(=NCC)NC(C)c1cccc(CCF)c1F. The number of nitrogens with one attached hydrogen (secondary N) is 1. The molecule has 0 radical (unpaired) electrons. The van der Waals surface area contributed by atoms with E-state index in [4.69, 9.17) is 0 Å². The molecule has 182 valence electrons. The van der Waals surface area contributed by atoms with E-state index in [0.29, 0.717) is 12.1 Å². The summed E-state index contributed by atoms with van der Waals surface area (Å²) in [7, 11) is 0. The first kappa shape index (κ1) is 28.1. The number of alkyl halides is 3. The van der Waals surface area contributed by atoms with Gasteiger partial charge in [0.1, 0.15) is 11.7 Å². The molecule has 1 atom stereocenters. The first-order chi connectivity index (χ1) is 15.8. The number of benzene rings is 1. The molecule has 0 saturated carbocycles. The molecule has 0 aliphatic carbocycles. The van der Waals surface area contributed by atoms with Crippen LogP contribution in [0.1, 0.15) is 43.9 Å². The van der Waals surface area contributed by atoms with Crippen LogP contribution in [0.25, 0.3) is 0 Å². The summed E-state index contributed by atoms with van der Waals surface area (Å²) in [6.45, 7) is 9.92. The minimum absolute atomic E-state index is 0.0461. The van der Waals surface area contributed by atoms with Gasteiger partial charge >= 0.3 is 0 Å². The predicted octanol–water partition coefficient (Wildman–Crippen LogP) is 6.29. The molecule has 0 aliphatic rings. The molecule has 0 saturated heterocycles. The largest absolute Gasteiger partial charge is 0.363 e. The number of halogens is 5. The fourth-order valence-electron chi connectivity index (χ4n) is 3.07. The van der Waals surface area contributed by atoms with Crippen molar-refractivity contribution in [2.75, 3.05) is 19.8 Å². The van der Waals surface area contributed by atoms with E-state index in [-0.39, 0.29) is 47.2 Å². The Bertz CT molecular complexity index is 864. The summed E-state index contributed by atoms with van der Waals surface area (Å²) in [6, 6.07) is 4.11. The first-order valence-corrected chi connectivity index (χ1v) is 10.7. The maximum atomic E-state index is 14.9. The molecule has 4 nitrogen and oxygen atoms in total. The summed E-state index contributed by atoms with van der Waals surface area (Å²) >= 11 is 0. The number of nitrogens with zero attached hydrogens (tertiary/aromatic N) is 3. The van der Waals surface area contributed by atoms with Gasteiger partial charge < -0.3 is 5.32 Å². The third kappa shape index (κ3) is 9.19. The van der Waals surface area contributed by atoms with Crippen molar-refractivity contribution in [2.24, 2.45) is 9.98 Å². The third-order valence-electron chi connectivity index (χ3n) is 4.65. The Hall–Kier alpha value is -2.97. The van der Waals surface area contributed by atoms with Crippen LogP contribution < -0.4 is 5.32 Å². The lowest BCUT2D eigenvalue weighted by molar-refractivity contribution is 0.0722. The van der Waals surface area contributed by atoms with Gasteiger partial charge in [-0.3, -0.25) is 14.4 Å². The molecule has 0 heterocycles. The highest BCUT2D eigenvalue weighted by molar-refractivity contribution is 6.02. The predicted molar refractivity (Wildman–Crippen MR) is 125 cm³/mol. The second-order valence-corrected chi connectivity index (χ2v) is 7.09. The fraction of sp³-hybridized carbons (Fsp3) is 0.417. The molecule has 1 N–H and O–H groups in total. The highest BCUT2D eigenvalue weighted by Gasteiger charge is 2.20. The van der Waals surface area contributed by atoms with Crippen LogP contribution >= 0.6 is 0 Å². The maximum absolute atomic E-state index is 14.9. The summed E-state index contributed by atoms with van der Waals surface area (Å²) in [5.41, 5.74) is 0.972. The van der Waals surface area contributed by atoms with Gasteiger partial charge in [0, 0.05) is 31.1 Å². The van der Waals surface area contributed by atoms with E-state index >= 15 is 0 Å². The standard InChI is InChI=1S/C24H31F5N4/c1-5-9-21(30-4)20(16-33(29)15-8-12-22(26)27)24(31-6-2)32-17(3)19-11-7-10-18(13-14-25)23(19)28/h5,7,9-11,16-17,22H,1,4,6,8,12-15H2,2-3H3,(H,31,32)/b20-16+,21-9+. The van der Waals surface area contributed by atoms with Crippen LogP contribution in [0.5, 0.6) is 0 Å². The number of rotatable bonds is 14. The molecular formula is C24H31F5N4. The van der Waals surface area contributed by atoms with Gasteiger partial charge in [-0.2, -0.15) is 0 Å². The van der Waals surface area contributed by atoms with Gasteiger partial charge in [-0.1, -0.05) is 30.9 Å². The molecule has 9 heteroatoms. The highest BCUT2D eigenvalue weighted by atomic mass is 19.3. The van der Waals surface area contributed by atoms with E-state index in [2.05, 4.69) is 28.6 Å². The molecule has 33 heavy (non-hydrogen) atoms. The minimum atomic E-state index is -2.52. The molecule has 0 spiro atoms. The van der Waals surface area contributed by atoms with Crippen molar-refractivity contribution in [3.63, 3.8) is 0 Å². The van der Waals surface area contributed by atoms with Crippen LogP contribution in [0.3, 0.4) is 0 Å². The Morgan fingerprint density at radius 1 is 1.30 bits per heavy atom. The Balaban J connectivity index is 3.32. The van der Waals surface area contributed by atoms with Crippen LogP contribution in [0.4, 0.5) is 22.0 Å². The lowest BCUT2D eigenvalue weighted by Gasteiger charge is -2.22. The van der Waals surface area contributed by atoms with Crippen molar-refractivity contribution >= 4 is 12.6 Å². The normalized spacial score (nSPS) is 13.8. The zero-order valence-electron chi connectivity index (χ0n) is 19.0. The van der Waals surface area contributed by atoms with Crippen LogP contribution in [0, 0.1) is 5.82 Å². The molecule has 0 aliphatic heterocycles. The fourth-order valence-corrected chi connectivity index (χ4v) is 3.07. The third-order valence-corrected chi connectivity index (χ3v) is 4.65. The van der Waals surface area contributed by atoms with Crippen LogP contribution in [-0.2, 0) is 6.42 Å². The summed E-state index contributed by atoms with van der Waals surface area (Å²) < 4.78 is 66.9. The van der Waals surface area contributed by atoms with Crippen molar-refractivity contribution in [2.45, 2.75) is 45.6 Å². The second-order valence-electron chi connectivity index (χ2n) is 7.09. The Labute approximate surface area is 192 Å². The smallest absolute Gasteiger partial charge is 0.238 e. The quantitative estimate of drug-likeness (QED) is 0.114. The maximum Gasteiger partial charge on any atom is 0.238 e. The lowest BCUT2D eigenvalue weighted by atomic mass is 10.0. The zero-order valence-corrected chi connectivity index (χ0v) is 19.0.